The lowest BCUT2D eigenvalue weighted by atomic mass is 9.92. The summed E-state index contributed by atoms with van der Waals surface area (Å²) in [6.07, 6.45) is 1.52. The monoisotopic (exact) mass is 263 g/mol. The summed E-state index contributed by atoms with van der Waals surface area (Å²) >= 11 is 5.96. The lowest BCUT2D eigenvalue weighted by molar-refractivity contribution is -0.133. The van der Waals surface area contributed by atoms with Crippen LogP contribution in [0.1, 0.15) is 33.6 Å². The molecule has 0 unspecified atom stereocenters. The van der Waals surface area contributed by atoms with Gasteiger partial charge < -0.3 is 14.8 Å². The first-order valence-corrected chi connectivity index (χ1v) is 6.49. The van der Waals surface area contributed by atoms with E-state index in [0.29, 0.717) is 19.1 Å². The number of rotatable bonds is 4. The van der Waals surface area contributed by atoms with Crippen LogP contribution in [0.25, 0.3) is 0 Å². The van der Waals surface area contributed by atoms with E-state index in [4.69, 9.17) is 21.1 Å². The normalized spacial score (nSPS) is 20.0. The van der Waals surface area contributed by atoms with E-state index in [1.807, 2.05) is 20.8 Å². The SMILES string of the molecule is CC(C)(C)OCC(=O)NC1(CCl)CCOCC1. The Balaban J connectivity index is 2.42. The molecule has 0 aromatic heterocycles. The first-order valence-electron chi connectivity index (χ1n) is 5.96. The van der Waals surface area contributed by atoms with Crippen LogP contribution in [0.3, 0.4) is 0 Å². The molecule has 17 heavy (non-hydrogen) atoms. The van der Waals surface area contributed by atoms with Gasteiger partial charge in [-0.1, -0.05) is 0 Å². The number of ether oxygens (including phenoxy) is 2. The Bertz CT molecular complexity index is 257. The molecule has 0 saturated carbocycles. The molecule has 1 rings (SSSR count). The van der Waals surface area contributed by atoms with Crippen molar-refractivity contribution in [2.45, 2.75) is 44.8 Å². The standard InChI is InChI=1S/C12H22ClNO3/c1-11(2,3)17-8-10(15)14-12(9-13)4-6-16-7-5-12/h4-9H2,1-3H3,(H,14,15). The first kappa shape index (κ1) is 14.7. The minimum atomic E-state index is -0.321. The number of hydrogen-bond donors (Lipinski definition) is 1. The van der Waals surface area contributed by atoms with Crippen molar-refractivity contribution in [3.63, 3.8) is 0 Å². The highest BCUT2D eigenvalue weighted by Crippen LogP contribution is 2.22. The fourth-order valence-electron chi connectivity index (χ4n) is 1.67. The number of nitrogens with one attached hydrogen (secondary N) is 1. The van der Waals surface area contributed by atoms with Gasteiger partial charge in [0, 0.05) is 19.1 Å². The van der Waals surface area contributed by atoms with Crippen LogP contribution in [-0.4, -0.2) is 42.7 Å². The minimum absolute atomic E-state index is 0.0724. The number of alkyl halides is 1. The van der Waals surface area contributed by atoms with Crippen molar-refractivity contribution in [1.29, 1.82) is 0 Å². The molecule has 1 heterocycles. The third-order valence-electron chi connectivity index (χ3n) is 2.75. The number of amides is 1. The van der Waals surface area contributed by atoms with Gasteiger partial charge in [0.05, 0.1) is 11.1 Å². The van der Waals surface area contributed by atoms with Crippen LogP contribution in [-0.2, 0) is 14.3 Å². The molecule has 1 amide bonds. The number of carbonyl (C=O) groups is 1. The summed E-state index contributed by atoms with van der Waals surface area (Å²) in [5, 5.41) is 2.98. The lowest BCUT2D eigenvalue weighted by Gasteiger charge is -2.36. The summed E-state index contributed by atoms with van der Waals surface area (Å²) < 4.78 is 10.7. The van der Waals surface area contributed by atoms with Crippen LogP contribution < -0.4 is 5.32 Å². The number of halogens is 1. The predicted molar refractivity (Wildman–Crippen MR) is 67.4 cm³/mol. The van der Waals surface area contributed by atoms with E-state index in [0.717, 1.165) is 12.8 Å². The molecule has 0 radical (unpaired) electrons. The van der Waals surface area contributed by atoms with Crippen molar-refractivity contribution in [2.24, 2.45) is 0 Å². The minimum Gasteiger partial charge on any atom is -0.381 e. The van der Waals surface area contributed by atoms with E-state index < -0.39 is 0 Å². The second-order valence-corrected chi connectivity index (χ2v) is 5.74. The van der Waals surface area contributed by atoms with E-state index in [2.05, 4.69) is 5.32 Å². The van der Waals surface area contributed by atoms with Gasteiger partial charge in [0.1, 0.15) is 6.61 Å². The Morgan fingerprint density at radius 3 is 2.47 bits per heavy atom. The van der Waals surface area contributed by atoms with Crippen molar-refractivity contribution < 1.29 is 14.3 Å². The van der Waals surface area contributed by atoms with Gasteiger partial charge in [-0.25, -0.2) is 0 Å². The van der Waals surface area contributed by atoms with Gasteiger partial charge in [-0.05, 0) is 33.6 Å². The molecule has 0 bridgehead atoms. The second kappa shape index (κ2) is 6.03. The maximum Gasteiger partial charge on any atom is 0.246 e. The molecule has 1 aliphatic rings. The zero-order valence-corrected chi connectivity index (χ0v) is 11.6. The molecule has 5 heteroatoms. The fourth-order valence-corrected chi connectivity index (χ4v) is 2.00. The van der Waals surface area contributed by atoms with Gasteiger partial charge in [-0.15, -0.1) is 11.6 Å². The van der Waals surface area contributed by atoms with Crippen molar-refractivity contribution in [2.75, 3.05) is 25.7 Å². The molecule has 4 nitrogen and oxygen atoms in total. The van der Waals surface area contributed by atoms with Crippen LogP contribution in [0.5, 0.6) is 0 Å². The first-order chi connectivity index (χ1) is 7.87. The quantitative estimate of drug-likeness (QED) is 0.786. The van der Waals surface area contributed by atoms with Gasteiger partial charge in [0.15, 0.2) is 0 Å². The molecule has 0 spiro atoms. The molecule has 0 aromatic rings. The predicted octanol–water partition coefficient (Wildman–Crippen LogP) is 1.71. The second-order valence-electron chi connectivity index (χ2n) is 5.48. The van der Waals surface area contributed by atoms with Gasteiger partial charge in [0.2, 0.25) is 5.91 Å². The topological polar surface area (TPSA) is 47.6 Å². The Hall–Kier alpha value is -0.320. The maximum atomic E-state index is 11.8. The summed E-state index contributed by atoms with van der Waals surface area (Å²) in [6.45, 7) is 7.13. The van der Waals surface area contributed by atoms with E-state index in [9.17, 15) is 4.79 Å². The number of hydrogen-bond acceptors (Lipinski definition) is 3. The summed E-state index contributed by atoms with van der Waals surface area (Å²) in [6, 6.07) is 0. The van der Waals surface area contributed by atoms with E-state index in [1.54, 1.807) is 0 Å². The largest absolute Gasteiger partial charge is 0.381 e. The summed E-state index contributed by atoms with van der Waals surface area (Å²) in [5.41, 5.74) is -0.626. The summed E-state index contributed by atoms with van der Waals surface area (Å²) in [4.78, 5) is 11.8. The van der Waals surface area contributed by atoms with Crippen LogP contribution >= 0.6 is 11.6 Å². The van der Waals surface area contributed by atoms with Crippen molar-refractivity contribution in [3.8, 4) is 0 Å². The van der Waals surface area contributed by atoms with Gasteiger partial charge in [0.25, 0.3) is 0 Å². The highest BCUT2D eigenvalue weighted by Gasteiger charge is 2.33. The van der Waals surface area contributed by atoms with Crippen LogP contribution in [0.2, 0.25) is 0 Å². The highest BCUT2D eigenvalue weighted by molar-refractivity contribution is 6.18. The smallest absolute Gasteiger partial charge is 0.246 e. The Morgan fingerprint density at radius 1 is 1.41 bits per heavy atom. The van der Waals surface area contributed by atoms with Crippen LogP contribution in [0.15, 0.2) is 0 Å². The van der Waals surface area contributed by atoms with Crippen LogP contribution in [0, 0.1) is 0 Å². The Morgan fingerprint density at radius 2 is 2.00 bits per heavy atom. The zero-order chi connectivity index (χ0) is 12.9. The molecule has 0 atom stereocenters. The van der Waals surface area contributed by atoms with Gasteiger partial charge in [-0.2, -0.15) is 0 Å². The molecule has 100 valence electrons. The number of carbonyl (C=O) groups excluding carboxylic acids is 1. The molecule has 1 fully saturated rings. The van der Waals surface area contributed by atoms with Crippen molar-refractivity contribution in [1.82, 2.24) is 5.32 Å². The maximum absolute atomic E-state index is 11.8. The van der Waals surface area contributed by atoms with Crippen LogP contribution in [0.4, 0.5) is 0 Å². The fraction of sp³-hybridized carbons (Fsp3) is 0.917. The third-order valence-corrected chi connectivity index (χ3v) is 3.26. The van der Waals surface area contributed by atoms with Gasteiger partial charge in [-0.3, -0.25) is 4.79 Å². The lowest BCUT2D eigenvalue weighted by Crippen LogP contribution is -2.54. The highest BCUT2D eigenvalue weighted by atomic mass is 35.5. The zero-order valence-electron chi connectivity index (χ0n) is 10.8. The van der Waals surface area contributed by atoms with E-state index >= 15 is 0 Å². The van der Waals surface area contributed by atoms with E-state index in [-0.39, 0.29) is 23.7 Å². The molecule has 1 aliphatic heterocycles. The Kier molecular flexibility index (Phi) is 5.22. The summed E-state index contributed by atoms with van der Waals surface area (Å²) in [5.74, 6) is 0.305. The molecule has 0 aromatic carbocycles. The molecular formula is C12H22ClNO3. The van der Waals surface area contributed by atoms with E-state index in [1.165, 1.54) is 0 Å². The average molecular weight is 264 g/mol. The third kappa shape index (κ3) is 5.23. The molecule has 1 N–H and O–H groups in total. The van der Waals surface area contributed by atoms with Crippen molar-refractivity contribution in [3.05, 3.63) is 0 Å². The van der Waals surface area contributed by atoms with Crippen molar-refractivity contribution >= 4 is 17.5 Å². The molecule has 0 aliphatic carbocycles. The summed E-state index contributed by atoms with van der Waals surface area (Å²) in [7, 11) is 0. The molecular weight excluding hydrogens is 242 g/mol. The van der Waals surface area contributed by atoms with Gasteiger partial charge >= 0.3 is 0 Å². The Labute approximate surface area is 108 Å². The average Bonchev–Trinajstić information content (AvgIpc) is 2.27. The molecule has 1 saturated heterocycles.